The molecule has 3 aromatic rings. The predicted molar refractivity (Wildman–Crippen MR) is 154 cm³/mol. The number of benzene rings is 2. The van der Waals surface area contributed by atoms with Crippen LogP contribution in [0.1, 0.15) is 65.6 Å². The molecule has 1 saturated heterocycles. The summed E-state index contributed by atoms with van der Waals surface area (Å²) in [5.41, 5.74) is -0.980. The monoisotopic (exact) mass is 692 g/mol. The summed E-state index contributed by atoms with van der Waals surface area (Å²) >= 11 is 0. The molecule has 2 aliphatic heterocycles. The van der Waals surface area contributed by atoms with Gasteiger partial charge in [0.25, 0.3) is 5.95 Å². The minimum Gasteiger partial charge on any atom is -0.392 e. The minimum atomic E-state index is -5.09. The van der Waals surface area contributed by atoms with Crippen molar-refractivity contribution in [3.8, 4) is 0 Å². The molecule has 0 radical (unpaired) electrons. The van der Waals surface area contributed by atoms with E-state index in [2.05, 4.69) is 25.9 Å². The van der Waals surface area contributed by atoms with E-state index in [1.165, 1.54) is 18.0 Å². The number of piperidine rings is 1. The van der Waals surface area contributed by atoms with Crippen LogP contribution in [0.3, 0.4) is 0 Å². The molecule has 2 aromatic carbocycles. The fourth-order valence-corrected chi connectivity index (χ4v) is 6.13. The summed E-state index contributed by atoms with van der Waals surface area (Å²) in [6.07, 6.45) is -11.0. The Hall–Kier alpha value is -4.06. The molecular formula is C30H33F9N8O. The van der Waals surface area contributed by atoms with Crippen LogP contribution in [0, 0.1) is 5.92 Å². The minimum absolute atomic E-state index is 0.00665. The topological polar surface area (TPSA) is 74.6 Å². The molecule has 0 bridgehead atoms. The number of tetrazole rings is 1. The van der Waals surface area contributed by atoms with Gasteiger partial charge in [0.15, 0.2) is 0 Å². The van der Waals surface area contributed by atoms with E-state index in [4.69, 9.17) is 4.84 Å². The Kier molecular flexibility index (Phi) is 9.88. The molecule has 262 valence electrons. The van der Waals surface area contributed by atoms with Crippen LogP contribution in [0.5, 0.6) is 0 Å². The second-order valence-electron chi connectivity index (χ2n) is 11.9. The number of nitrogens with one attached hydrogen (secondary N) is 1. The molecule has 0 aliphatic carbocycles. The quantitative estimate of drug-likeness (QED) is 0.244. The van der Waals surface area contributed by atoms with E-state index in [-0.39, 0.29) is 36.1 Å². The lowest BCUT2D eigenvalue weighted by molar-refractivity contribution is -0.143. The second-order valence-corrected chi connectivity index (χ2v) is 11.9. The van der Waals surface area contributed by atoms with Gasteiger partial charge in [-0.2, -0.15) is 44.3 Å². The van der Waals surface area contributed by atoms with E-state index in [9.17, 15) is 39.5 Å². The van der Waals surface area contributed by atoms with Crippen LogP contribution in [-0.4, -0.2) is 50.3 Å². The molecule has 5 rings (SSSR count). The van der Waals surface area contributed by atoms with E-state index >= 15 is 0 Å². The fraction of sp³-hybridized carbons (Fsp3) is 0.500. The van der Waals surface area contributed by atoms with Crippen LogP contribution in [0.2, 0.25) is 0 Å². The smallest absolute Gasteiger partial charge is 0.392 e. The molecule has 2 unspecified atom stereocenters. The molecule has 9 nitrogen and oxygen atoms in total. The summed E-state index contributed by atoms with van der Waals surface area (Å²) in [5, 5.41) is 13.4. The van der Waals surface area contributed by atoms with Crippen molar-refractivity contribution in [2.45, 2.75) is 63.8 Å². The van der Waals surface area contributed by atoms with E-state index in [1.807, 2.05) is 13.1 Å². The van der Waals surface area contributed by atoms with E-state index in [0.717, 1.165) is 35.5 Å². The largest absolute Gasteiger partial charge is 0.416 e. The molecule has 1 fully saturated rings. The van der Waals surface area contributed by atoms with E-state index < -0.39 is 47.3 Å². The molecule has 18 heteroatoms. The molecule has 0 spiro atoms. The molecule has 48 heavy (non-hydrogen) atoms. The number of hydrogen-bond acceptors (Lipinski definition) is 8. The van der Waals surface area contributed by atoms with Gasteiger partial charge in [-0.15, -0.1) is 5.10 Å². The van der Waals surface area contributed by atoms with Crippen LogP contribution in [0.15, 0.2) is 48.4 Å². The SMILES string of the molecule is CCC(c1ccc(C(F)(F)F)cc1CN(Cc1cc(C(F)(F)F)cc(C(F)(F)F)c1)c1nnn(C)n1)N1CCCC(C2=CN(C)NO2)C1. The number of hydrogen-bond donors (Lipinski definition) is 1. The maximum Gasteiger partial charge on any atom is 0.416 e. The lowest BCUT2D eigenvalue weighted by atomic mass is 9.90. The summed E-state index contributed by atoms with van der Waals surface area (Å²) in [5.74, 6) is 0.538. The molecule has 3 heterocycles. The van der Waals surface area contributed by atoms with Crippen LogP contribution >= 0.6 is 0 Å². The third-order valence-corrected chi connectivity index (χ3v) is 8.30. The Bertz CT molecular complexity index is 1590. The number of aromatic nitrogens is 4. The van der Waals surface area contributed by atoms with Crippen molar-refractivity contribution in [1.29, 1.82) is 0 Å². The van der Waals surface area contributed by atoms with Crippen LogP contribution < -0.4 is 10.5 Å². The summed E-state index contributed by atoms with van der Waals surface area (Å²) in [7, 11) is 3.17. The number of alkyl halides is 9. The first-order valence-corrected chi connectivity index (χ1v) is 15.0. The fourth-order valence-electron chi connectivity index (χ4n) is 6.13. The maximum absolute atomic E-state index is 14.0. The number of hydrazine groups is 1. The van der Waals surface area contributed by atoms with Crippen molar-refractivity contribution < 1.29 is 44.4 Å². The average Bonchev–Trinajstić information content (AvgIpc) is 3.64. The van der Waals surface area contributed by atoms with Gasteiger partial charge in [0.1, 0.15) is 5.76 Å². The first kappa shape index (κ1) is 35.3. The van der Waals surface area contributed by atoms with Crippen molar-refractivity contribution in [1.82, 2.24) is 35.7 Å². The van der Waals surface area contributed by atoms with Gasteiger partial charge < -0.3 is 9.74 Å². The highest BCUT2D eigenvalue weighted by molar-refractivity contribution is 5.42. The zero-order valence-corrected chi connectivity index (χ0v) is 26.1. The van der Waals surface area contributed by atoms with Crippen molar-refractivity contribution >= 4 is 5.95 Å². The Morgan fingerprint density at radius 3 is 2.12 bits per heavy atom. The summed E-state index contributed by atoms with van der Waals surface area (Å²) in [4.78, 5) is 9.97. The average molecular weight is 693 g/mol. The molecular weight excluding hydrogens is 659 g/mol. The van der Waals surface area contributed by atoms with Crippen LogP contribution in [-0.2, 0) is 43.5 Å². The lowest BCUT2D eigenvalue weighted by Crippen LogP contribution is -2.39. The Morgan fingerprint density at radius 1 is 0.917 bits per heavy atom. The van der Waals surface area contributed by atoms with Gasteiger partial charge in [0, 0.05) is 38.6 Å². The van der Waals surface area contributed by atoms with Crippen molar-refractivity contribution in [3.63, 3.8) is 0 Å². The van der Waals surface area contributed by atoms with Crippen molar-refractivity contribution in [3.05, 3.63) is 81.7 Å². The highest BCUT2D eigenvalue weighted by Crippen LogP contribution is 2.39. The number of nitrogens with zero attached hydrogens (tertiary/aromatic N) is 7. The van der Waals surface area contributed by atoms with Crippen molar-refractivity contribution in [2.75, 3.05) is 25.0 Å². The number of rotatable bonds is 9. The lowest BCUT2D eigenvalue weighted by Gasteiger charge is -2.39. The predicted octanol–water partition coefficient (Wildman–Crippen LogP) is 6.86. The number of likely N-dealkylation sites (tertiary alicyclic amines) is 1. The Morgan fingerprint density at radius 2 is 1.58 bits per heavy atom. The second kappa shape index (κ2) is 13.4. The molecule has 0 saturated carbocycles. The number of anilines is 1. The Balaban J connectivity index is 1.55. The molecule has 2 aliphatic rings. The van der Waals surface area contributed by atoms with Gasteiger partial charge in [-0.1, -0.05) is 23.7 Å². The summed E-state index contributed by atoms with van der Waals surface area (Å²) < 4.78 is 124. The molecule has 0 amide bonds. The number of aryl methyl sites for hydroxylation is 1. The van der Waals surface area contributed by atoms with Gasteiger partial charge in [0.05, 0.1) is 29.9 Å². The first-order valence-electron chi connectivity index (χ1n) is 15.0. The normalized spacial score (nSPS) is 18.5. The van der Waals surface area contributed by atoms with E-state index in [0.29, 0.717) is 37.2 Å². The molecule has 1 aromatic heterocycles. The zero-order chi connectivity index (χ0) is 35.0. The Labute approximate surface area is 269 Å². The zero-order valence-electron chi connectivity index (χ0n) is 26.1. The number of halogens is 9. The van der Waals surface area contributed by atoms with Gasteiger partial charge in [-0.25, -0.2) is 0 Å². The van der Waals surface area contributed by atoms with E-state index in [1.54, 1.807) is 12.1 Å². The maximum atomic E-state index is 14.0. The summed E-state index contributed by atoms with van der Waals surface area (Å²) in [6.45, 7) is 2.11. The van der Waals surface area contributed by atoms with Gasteiger partial charge in [0.2, 0.25) is 0 Å². The van der Waals surface area contributed by atoms with Crippen LogP contribution in [0.25, 0.3) is 0 Å². The van der Waals surface area contributed by atoms with Crippen LogP contribution in [0.4, 0.5) is 45.5 Å². The highest BCUT2D eigenvalue weighted by atomic mass is 19.4. The third kappa shape index (κ3) is 8.14. The summed E-state index contributed by atoms with van der Waals surface area (Å²) in [6, 6.07) is 4.08. The highest BCUT2D eigenvalue weighted by Gasteiger charge is 2.38. The standard InChI is InChI=1S/C30H33F9N8O/c1-4-25(46-9-5-6-19(15-46)26-17-44(2)43-48-26)24-8-7-21(28(31,32)33)12-20(24)16-47(27-40-42-45(3)41-27)14-18-10-22(29(34,35)36)13-23(11-18)30(37,38)39/h7-8,10-13,17,19,25,43H,4-6,9,14-16H2,1-3H3. The van der Waals surface area contributed by atoms with Gasteiger partial charge in [-0.05, 0) is 78.0 Å². The van der Waals surface area contributed by atoms with Crippen molar-refractivity contribution in [2.24, 2.45) is 13.0 Å². The van der Waals surface area contributed by atoms with Gasteiger partial charge in [-0.3, -0.25) is 9.91 Å². The first-order chi connectivity index (χ1) is 22.4. The molecule has 2 atom stereocenters. The molecule has 1 N–H and O–H groups in total. The third-order valence-electron chi connectivity index (χ3n) is 8.30. The van der Waals surface area contributed by atoms with Gasteiger partial charge >= 0.3 is 18.5 Å².